The first-order chi connectivity index (χ1) is 6.75. The lowest BCUT2D eigenvalue weighted by molar-refractivity contribution is 0.158. The Kier molecular flexibility index (Phi) is 4.98. The van der Waals surface area contributed by atoms with Crippen molar-refractivity contribution in [1.29, 1.82) is 0 Å². The number of hydrogen-bond donors (Lipinski definition) is 1. The maximum atomic E-state index is 5.25. The number of aryl methyl sites for hydroxylation is 1. The van der Waals surface area contributed by atoms with Crippen LogP contribution in [-0.4, -0.2) is 19.8 Å². The third kappa shape index (κ3) is 3.31. The van der Waals surface area contributed by atoms with Crippen molar-refractivity contribution in [2.75, 3.05) is 25.1 Å². The molecule has 0 atom stereocenters. The summed E-state index contributed by atoms with van der Waals surface area (Å²) in [5.74, 6) is 0. The van der Waals surface area contributed by atoms with Crippen molar-refractivity contribution in [3.63, 3.8) is 0 Å². The van der Waals surface area contributed by atoms with E-state index in [-0.39, 0.29) is 0 Å². The number of nitrogens with one attached hydrogen (secondary N) is 1. The fourth-order valence-electron chi connectivity index (χ4n) is 1.19. The van der Waals surface area contributed by atoms with E-state index < -0.39 is 0 Å². The van der Waals surface area contributed by atoms with Gasteiger partial charge in [-0.05, 0) is 41.4 Å². The minimum atomic E-state index is 0.747. The normalized spacial score (nSPS) is 10.2. The first-order valence-corrected chi connectivity index (χ1v) is 5.61. The smallest absolute Gasteiger partial charge is 0.0638 e. The Bertz CT molecular complexity index is 289. The zero-order valence-electron chi connectivity index (χ0n) is 8.64. The molecule has 0 aliphatic heterocycles. The van der Waals surface area contributed by atoms with E-state index in [2.05, 4.69) is 40.3 Å². The van der Waals surface area contributed by atoms with E-state index >= 15 is 0 Å². The van der Waals surface area contributed by atoms with Crippen molar-refractivity contribution in [3.8, 4) is 0 Å². The Hall–Kier alpha value is -0.540. The highest BCUT2D eigenvalue weighted by atomic mass is 79.9. The molecule has 1 rings (SSSR count). The van der Waals surface area contributed by atoms with Gasteiger partial charge in [-0.25, -0.2) is 0 Å². The van der Waals surface area contributed by atoms with Crippen molar-refractivity contribution in [1.82, 2.24) is 0 Å². The van der Waals surface area contributed by atoms with Gasteiger partial charge in [-0.2, -0.15) is 0 Å². The van der Waals surface area contributed by atoms with Crippen LogP contribution in [0.2, 0.25) is 0 Å². The summed E-state index contributed by atoms with van der Waals surface area (Å²) in [5, 5.41) is 3.32. The summed E-state index contributed by atoms with van der Waals surface area (Å²) in [7, 11) is 0. The largest absolute Gasteiger partial charge is 0.382 e. The SMILES string of the molecule is CCOCCNc1cccc(C)c1Br. The number of rotatable bonds is 5. The zero-order chi connectivity index (χ0) is 10.4. The highest BCUT2D eigenvalue weighted by Gasteiger charge is 2.00. The minimum absolute atomic E-state index is 0.747. The molecule has 2 nitrogen and oxygen atoms in total. The molecular formula is C11H16BrNO. The van der Waals surface area contributed by atoms with Gasteiger partial charge >= 0.3 is 0 Å². The quantitative estimate of drug-likeness (QED) is 0.819. The molecule has 0 bridgehead atoms. The number of anilines is 1. The number of hydrogen-bond acceptors (Lipinski definition) is 2. The van der Waals surface area contributed by atoms with E-state index in [1.165, 1.54) is 5.56 Å². The van der Waals surface area contributed by atoms with Crippen LogP contribution in [-0.2, 0) is 4.74 Å². The Morgan fingerprint density at radius 3 is 2.93 bits per heavy atom. The third-order valence-corrected chi connectivity index (χ3v) is 3.01. The van der Waals surface area contributed by atoms with Crippen LogP contribution in [0, 0.1) is 6.92 Å². The molecule has 0 heterocycles. The topological polar surface area (TPSA) is 21.3 Å². The molecule has 14 heavy (non-hydrogen) atoms. The Morgan fingerprint density at radius 2 is 2.21 bits per heavy atom. The van der Waals surface area contributed by atoms with Gasteiger partial charge in [-0.15, -0.1) is 0 Å². The predicted octanol–water partition coefficient (Wildman–Crippen LogP) is 3.21. The second-order valence-electron chi connectivity index (χ2n) is 3.06. The second kappa shape index (κ2) is 6.04. The molecule has 0 amide bonds. The fraction of sp³-hybridized carbons (Fsp3) is 0.455. The minimum Gasteiger partial charge on any atom is -0.382 e. The molecule has 1 aromatic rings. The molecule has 1 aromatic carbocycles. The van der Waals surface area contributed by atoms with Crippen LogP contribution in [0.15, 0.2) is 22.7 Å². The van der Waals surface area contributed by atoms with E-state index in [1.807, 2.05) is 13.0 Å². The van der Waals surface area contributed by atoms with Crippen molar-refractivity contribution in [2.45, 2.75) is 13.8 Å². The van der Waals surface area contributed by atoms with Gasteiger partial charge in [0, 0.05) is 23.3 Å². The molecular weight excluding hydrogens is 242 g/mol. The summed E-state index contributed by atoms with van der Waals surface area (Å²) in [4.78, 5) is 0. The number of ether oxygens (including phenoxy) is 1. The van der Waals surface area contributed by atoms with Crippen LogP contribution < -0.4 is 5.32 Å². The van der Waals surface area contributed by atoms with E-state index in [9.17, 15) is 0 Å². The Labute approximate surface area is 93.8 Å². The molecule has 0 spiro atoms. The van der Waals surface area contributed by atoms with E-state index in [0.717, 1.165) is 29.9 Å². The first kappa shape index (κ1) is 11.5. The summed E-state index contributed by atoms with van der Waals surface area (Å²) in [6.07, 6.45) is 0. The third-order valence-electron chi connectivity index (χ3n) is 1.96. The lowest BCUT2D eigenvalue weighted by Crippen LogP contribution is -2.09. The lowest BCUT2D eigenvalue weighted by atomic mass is 10.2. The fourth-order valence-corrected chi connectivity index (χ4v) is 1.59. The number of halogens is 1. The maximum Gasteiger partial charge on any atom is 0.0638 e. The molecule has 0 saturated carbocycles. The molecule has 0 aliphatic carbocycles. The Balaban J connectivity index is 2.46. The van der Waals surface area contributed by atoms with Gasteiger partial charge in [0.25, 0.3) is 0 Å². The van der Waals surface area contributed by atoms with E-state index in [4.69, 9.17) is 4.74 Å². The predicted molar refractivity (Wildman–Crippen MR) is 63.9 cm³/mol. The van der Waals surface area contributed by atoms with Gasteiger partial charge in [-0.1, -0.05) is 12.1 Å². The van der Waals surface area contributed by atoms with E-state index in [0.29, 0.717) is 0 Å². The Morgan fingerprint density at radius 1 is 1.43 bits per heavy atom. The summed E-state index contributed by atoms with van der Waals surface area (Å²) < 4.78 is 6.38. The van der Waals surface area contributed by atoms with Gasteiger partial charge in [-0.3, -0.25) is 0 Å². The zero-order valence-corrected chi connectivity index (χ0v) is 10.2. The van der Waals surface area contributed by atoms with Gasteiger partial charge in [0.2, 0.25) is 0 Å². The highest BCUT2D eigenvalue weighted by Crippen LogP contribution is 2.25. The van der Waals surface area contributed by atoms with Crippen molar-refractivity contribution in [2.24, 2.45) is 0 Å². The van der Waals surface area contributed by atoms with Gasteiger partial charge in [0.1, 0.15) is 0 Å². The second-order valence-corrected chi connectivity index (χ2v) is 3.85. The van der Waals surface area contributed by atoms with Crippen LogP contribution in [0.5, 0.6) is 0 Å². The molecule has 0 aromatic heterocycles. The van der Waals surface area contributed by atoms with Crippen molar-refractivity contribution >= 4 is 21.6 Å². The average Bonchev–Trinajstić information content (AvgIpc) is 2.19. The van der Waals surface area contributed by atoms with Crippen LogP contribution >= 0.6 is 15.9 Å². The van der Waals surface area contributed by atoms with Crippen LogP contribution in [0.1, 0.15) is 12.5 Å². The molecule has 1 N–H and O–H groups in total. The summed E-state index contributed by atoms with van der Waals surface area (Å²) in [5.41, 5.74) is 2.37. The van der Waals surface area contributed by atoms with Gasteiger partial charge in [0.05, 0.1) is 6.61 Å². The van der Waals surface area contributed by atoms with Gasteiger partial charge in [0.15, 0.2) is 0 Å². The molecule has 0 aliphatic rings. The first-order valence-electron chi connectivity index (χ1n) is 4.82. The highest BCUT2D eigenvalue weighted by molar-refractivity contribution is 9.10. The summed E-state index contributed by atoms with van der Waals surface area (Å²) in [6, 6.07) is 6.18. The monoisotopic (exact) mass is 257 g/mol. The standard InChI is InChI=1S/C11H16BrNO/c1-3-14-8-7-13-10-6-4-5-9(2)11(10)12/h4-6,13H,3,7-8H2,1-2H3. The molecule has 3 heteroatoms. The maximum absolute atomic E-state index is 5.25. The van der Waals surface area contributed by atoms with Crippen molar-refractivity contribution in [3.05, 3.63) is 28.2 Å². The summed E-state index contributed by atoms with van der Waals surface area (Å²) >= 11 is 3.55. The van der Waals surface area contributed by atoms with Crippen LogP contribution in [0.25, 0.3) is 0 Å². The van der Waals surface area contributed by atoms with Gasteiger partial charge < -0.3 is 10.1 Å². The molecule has 0 unspecified atom stereocenters. The van der Waals surface area contributed by atoms with E-state index in [1.54, 1.807) is 0 Å². The number of benzene rings is 1. The average molecular weight is 258 g/mol. The summed E-state index contributed by atoms with van der Waals surface area (Å²) in [6.45, 7) is 6.45. The van der Waals surface area contributed by atoms with Crippen molar-refractivity contribution < 1.29 is 4.74 Å². The molecule has 78 valence electrons. The molecule has 0 saturated heterocycles. The lowest BCUT2D eigenvalue weighted by Gasteiger charge is -2.09. The van der Waals surface area contributed by atoms with Crippen LogP contribution in [0.4, 0.5) is 5.69 Å². The molecule has 0 radical (unpaired) electrons. The molecule has 0 fully saturated rings. The van der Waals surface area contributed by atoms with Crippen LogP contribution in [0.3, 0.4) is 0 Å².